The molecule has 0 aliphatic carbocycles. The number of hydrogen-bond acceptors (Lipinski definition) is 4. The molecule has 2 aromatic carbocycles. The van der Waals surface area contributed by atoms with Gasteiger partial charge in [0.05, 0.1) is 11.6 Å². The van der Waals surface area contributed by atoms with Crippen molar-refractivity contribution in [2.24, 2.45) is 7.05 Å². The van der Waals surface area contributed by atoms with E-state index >= 15 is 0 Å². The Morgan fingerprint density at radius 3 is 2.76 bits per heavy atom. The lowest BCUT2D eigenvalue weighted by Gasteiger charge is -2.26. The van der Waals surface area contributed by atoms with Crippen molar-refractivity contribution >= 4 is 45.2 Å². The Balaban J connectivity index is 1.67. The summed E-state index contributed by atoms with van der Waals surface area (Å²) in [6.45, 7) is 2.46. The number of carbonyl (C=O) groups is 2. The molecule has 0 saturated heterocycles. The minimum absolute atomic E-state index is 0.0395. The number of fused-ring (bicyclic) bond motifs is 2. The molecule has 0 radical (unpaired) electrons. The highest BCUT2D eigenvalue weighted by atomic mass is 35.5. The average molecular weight is 463 g/mol. The maximum Gasteiger partial charge on any atom is 0.290 e. The molecule has 33 heavy (non-hydrogen) atoms. The molecule has 7 heteroatoms. The number of aliphatic hydroxyl groups excluding tert-OH is 1. The number of rotatable bonds is 6. The van der Waals surface area contributed by atoms with Crippen molar-refractivity contribution in [1.29, 1.82) is 0 Å². The maximum absolute atomic E-state index is 13.7. The highest BCUT2D eigenvalue weighted by molar-refractivity contribution is 6.31. The zero-order chi connectivity index (χ0) is 23.3. The lowest BCUT2D eigenvalue weighted by Crippen LogP contribution is -2.32. The molecule has 2 aromatic heterocycles. The number of unbranched alkanes of at least 4 members (excludes halogenated alkanes) is 1. The first-order valence-electron chi connectivity index (χ1n) is 10.9. The number of halogens is 1. The second kappa shape index (κ2) is 8.12. The van der Waals surface area contributed by atoms with Gasteiger partial charge in [-0.05, 0) is 36.8 Å². The molecule has 1 N–H and O–H groups in total. The van der Waals surface area contributed by atoms with E-state index < -0.39 is 23.5 Å². The Morgan fingerprint density at radius 2 is 1.97 bits per heavy atom. The zero-order valence-corrected chi connectivity index (χ0v) is 19.1. The second-order valence-electron chi connectivity index (χ2n) is 8.35. The summed E-state index contributed by atoms with van der Waals surface area (Å²) >= 11 is 6.08. The lowest BCUT2D eigenvalue weighted by atomic mass is 9.94. The molecule has 1 atom stereocenters. The van der Waals surface area contributed by atoms with E-state index in [4.69, 9.17) is 16.0 Å². The maximum atomic E-state index is 13.7. The molecule has 6 nitrogen and oxygen atoms in total. The van der Waals surface area contributed by atoms with Gasteiger partial charge in [0.1, 0.15) is 5.58 Å². The van der Waals surface area contributed by atoms with E-state index in [1.54, 1.807) is 29.2 Å². The summed E-state index contributed by atoms with van der Waals surface area (Å²) in [7, 11) is 1.92. The van der Waals surface area contributed by atoms with Crippen LogP contribution in [-0.2, 0) is 11.8 Å². The SMILES string of the molecule is CCCCN1C(=O)C(O)=C(C(=O)c2cc3cc(Cl)ccc3o2)C1c1cn(C)c2ccccc12. The van der Waals surface area contributed by atoms with Crippen LogP contribution in [-0.4, -0.2) is 32.8 Å². The van der Waals surface area contributed by atoms with E-state index in [1.165, 1.54) is 0 Å². The molecule has 0 fully saturated rings. The van der Waals surface area contributed by atoms with Crippen LogP contribution in [0, 0.1) is 0 Å². The van der Waals surface area contributed by atoms with Gasteiger partial charge in [0.15, 0.2) is 11.5 Å². The van der Waals surface area contributed by atoms with Crippen molar-refractivity contribution in [3.8, 4) is 0 Å². The van der Waals surface area contributed by atoms with Crippen LogP contribution in [0.25, 0.3) is 21.9 Å². The number of hydrogen-bond donors (Lipinski definition) is 1. The average Bonchev–Trinajstić information content (AvgIpc) is 3.45. The number of aromatic nitrogens is 1. The van der Waals surface area contributed by atoms with Crippen LogP contribution >= 0.6 is 11.6 Å². The van der Waals surface area contributed by atoms with Crippen molar-refractivity contribution in [1.82, 2.24) is 9.47 Å². The van der Waals surface area contributed by atoms with Crippen LogP contribution < -0.4 is 0 Å². The van der Waals surface area contributed by atoms with E-state index in [1.807, 2.05) is 49.0 Å². The van der Waals surface area contributed by atoms with Crippen molar-refractivity contribution in [2.75, 3.05) is 6.54 Å². The van der Waals surface area contributed by atoms with Gasteiger partial charge >= 0.3 is 0 Å². The zero-order valence-electron chi connectivity index (χ0n) is 18.3. The van der Waals surface area contributed by atoms with Crippen LogP contribution in [0.1, 0.15) is 41.9 Å². The van der Waals surface area contributed by atoms with Crippen molar-refractivity contribution in [3.63, 3.8) is 0 Å². The number of amides is 1. The van der Waals surface area contributed by atoms with Crippen molar-refractivity contribution in [2.45, 2.75) is 25.8 Å². The van der Waals surface area contributed by atoms with Crippen LogP contribution in [0.4, 0.5) is 0 Å². The molecule has 1 aliphatic heterocycles. The van der Waals surface area contributed by atoms with Gasteiger partial charge in [0, 0.05) is 46.7 Å². The smallest absolute Gasteiger partial charge is 0.290 e. The Morgan fingerprint density at radius 1 is 1.18 bits per heavy atom. The third kappa shape index (κ3) is 3.42. The molecule has 5 rings (SSSR count). The Bertz CT molecular complexity index is 1450. The number of ketones is 1. The van der Waals surface area contributed by atoms with Crippen molar-refractivity contribution < 1.29 is 19.1 Å². The number of Topliss-reactive ketones (excluding diaryl/α,β-unsaturated/α-hetero) is 1. The van der Waals surface area contributed by atoms with Crippen molar-refractivity contribution in [3.05, 3.63) is 82.4 Å². The highest BCUT2D eigenvalue weighted by Crippen LogP contribution is 2.42. The topological polar surface area (TPSA) is 75.7 Å². The first-order valence-corrected chi connectivity index (χ1v) is 11.3. The van der Waals surface area contributed by atoms with Gasteiger partial charge in [0.25, 0.3) is 5.91 Å². The van der Waals surface area contributed by atoms with Crippen LogP contribution in [0.3, 0.4) is 0 Å². The first-order chi connectivity index (χ1) is 15.9. The predicted octanol–water partition coefficient (Wildman–Crippen LogP) is 5.96. The Labute approximate surface area is 195 Å². The fourth-order valence-corrected chi connectivity index (χ4v) is 4.80. The van der Waals surface area contributed by atoms with Crippen LogP contribution in [0.15, 0.2) is 70.5 Å². The predicted molar refractivity (Wildman–Crippen MR) is 127 cm³/mol. The third-order valence-corrected chi connectivity index (χ3v) is 6.46. The van der Waals surface area contributed by atoms with Gasteiger partial charge < -0.3 is 19.0 Å². The lowest BCUT2D eigenvalue weighted by molar-refractivity contribution is -0.129. The fraction of sp³-hybridized carbons (Fsp3) is 0.231. The van der Waals surface area contributed by atoms with Gasteiger partial charge in [-0.15, -0.1) is 0 Å². The van der Waals surface area contributed by atoms with Crippen LogP contribution in [0.5, 0.6) is 0 Å². The summed E-state index contributed by atoms with van der Waals surface area (Å²) < 4.78 is 7.75. The number of carbonyl (C=O) groups excluding carboxylic acids is 2. The van der Waals surface area contributed by atoms with Gasteiger partial charge in [-0.25, -0.2) is 0 Å². The normalized spacial score (nSPS) is 16.5. The van der Waals surface area contributed by atoms with E-state index in [9.17, 15) is 14.7 Å². The number of furan rings is 1. The van der Waals surface area contributed by atoms with E-state index in [-0.39, 0.29) is 11.3 Å². The third-order valence-electron chi connectivity index (χ3n) is 6.23. The van der Waals surface area contributed by atoms with Gasteiger partial charge in [-0.1, -0.05) is 43.1 Å². The molecule has 3 heterocycles. The number of aliphatic hydroxyl groups is 1. The number of benzene rings is 2. The Hall–Kier alpha value is -3.51. The van der Waals surface area contributed by atoms with E-state index in [0.29, 0.717) is 22.5 Å². The molecular formula is C26H23ClN2O4. The quantitative estimate of drug-likeness (QED) is 0.359. The summed E-state index contributed by atoms with van der Waals surface area (Å²) in [4.78, 5) is 28.4. The molecule has 1 unspecified atom stereocenters. The summed E-state index contributed by atoms with van der Waals surface area (Å²) in [6, 6.07) is 13.8. The molecule has 1 aliphatic rings. The van der Waals surface area contributed by atoms with E-state index in [2.05, 4.69) is 0 Å². The van der Waals surface area contributed by atoms with Crippen LogP contribution in [0.2, 0.25) is 5.02 Å². The minimum Gasteiger partial charge on any atom is -0.503 e. The summed E-state index contributed by atoms with van der Waals surface area (Å²) in [6.07, 6.45) is 3.55. The van der Waals surface area contributed by atoms with Gasteiger partial charge in [-0.3, -0.25) is 9.59 Å². The number of aryl methyl sites for hydroxylation is 1. The molecule has 168 valence electrons. The first kappa shape index (κ1) is 21.3. The summed E-state index contributed by atoms with van der Waals surface area (Å²) in [5.74, 6) is -1.51. The largest absolute Gasteiger partial charge is 0.503 e. The molecular weight excluding hydrogens is 440 g/mol. The summed E-state index contributed by atoms with van der Waals surface area (Å²) in [5, 5.41) is 13.0. The van der Waals surface area contributed by atoms with Gasteiger partial charge in [0.2, 0.25) is 5.78 Å². The Kier molecular flexibility index (Phi) is 5.25. The molecule has 4 aromatic rings. The number of nitrogens with zero attached hydrogens (tertiary/aromatic N) is 2. The minimum atomic E-state index is -0.709. The second-order valence-corrected chi connectivity index (χ2v) is 8.79. The standard InChI is InChI=1S/C26H23ClN2O4/c1-3-4-11-29-23(18-14-28(2)19-8-6-5-7-17(18)19)22(25(31)26(29)32)24(30)21-13-15-12-16(27)9-10-20(15)33-21/h5-10,12-14,23,31H,3-4,11H2,1-2H3. The molecule has 0 bridgehead atoms. The summed E-state index contributed by atoms with van der Waals surface area (Å²) in [5.41, 5.74) is 2.32. The molecule has 0 spiro atoms. The highest BCUT2D eigenvalue weighted by Gasteiger charge is 2.45. The van der Waals surface area contributed by atoms with E-state index in [0.717, 1.165) is 29.3 Å². The number of para-hydroxylation sites is 1. The molecule has 1 amide bonds. The van der Waals surface area contributed by atoms with Gasteiger partial charge in [-0.2, -0.15) is 0 Å². The fourth-order valence-electron chi connectivity index (χ4n) is 4.62. The molecule has 0 saturated carbocycles. The monoisotopic (exact) mass is 462 g/mol.